The van der Waals surface area contributed by atoms with Crippen molar-refractivity contribution < 1.29 is 4.39 Å². The Hall–Kier alpha value is -2.54. The third-order valence-electron chi connectivity index (χ3n) is 4.81. The van der Waals surface area contributed by atoms with Crippen molar-refractivity contribution in [1.29, 1.82) is 0 Å². The van der Waals surface area contributed by atoms with Gasteiger partial charge in [-0.3, -0.25) is 4.79 Å². The fraction of sp³-hybridized carbons (Fsp3) is 0.278. The molecule has 25 heavy (non-hydrogen) atoms. The molecule has 0 saturated carbocycles. The highest BCUT2D eigenvalue weighted by Gasteiger charge is 2.24. The standard InChI is InChI=1S/C18H15FN4OS/c19-11-5-7-12(8-6-11)22-9-15-21-17-16(18(24)23(15)20-10-22)13-3-1-2-4-14(13)25-17/h5-8,10H,1-4,9H2. The van der Waals surface area contributed by atoms with Gasteiger partial charge in [-0.25, -0.2) is 9.37 Å². The Balaban J connectivity index is 1.62. The van der Waals surface area contributed by atoms with Gasteiger partial charge in [-0.05, 0) is 55.5 Å². The summed E-state index contributed by atoms with van der Waals surface area (Å²) in [5.41, 5.74) is 1.92. The molecule has 5 nitrogen and oxygen atoms in total. The average Bonchev–Trinajstić information content (AvgIpc) is 3.00. The molecule has 2 aliphatic rings. The normalized spacial score (nSPS) is 16.1. The van der Waals surface area contributed by atoms with Gasteiger partial charge in [-0.1, -0.05) is 0 Å². The second kappa shape index (κ2) is 5.49. The zero-order chi connectivity index (χ0) is 17.0. The summed E-state index contributed by atoms with van der Waals surface area (Å²) in [4.78, 5) is 21.6. The smallest absolute Gasteiger partial charge is 0.283 e. The number of hydrogen-bond acceptors (Lipinski definition) is 5. The van der Waals surface area contributed by atoms with Gasteiger partial charge in [0, 0.05) is 10.6 Å². The van der Waals surface area contributed by atoms with Gasteiger partial charge in [0.15, 0.2) is 5.82 Å². The number of aromatic nitrogens is 2. The number of benzene rings is 1. The van der Waals surface area contributed by atoms with E-state index < -0.39 is 0 Å². The molecule has 0 saturated heterocycles. The van der Waals surface area contributed by atoms with Gasteiger partial charge < -0.3 is 4.90 Å². The quantitative estimate of drug-likeness (QED) is 0.674. The SMILES string of the molecule is O=c1c2c3c(sc2nc2n1N=CN(c1ccc(F)cc1)C2)CCCC3. The van der Waals surface area contributed by atoms with Crippen molar-refractivity contribution in [3.05, 3.63) is 56.7 Å². The Kier molecular flexibility index (Phi) is 3.24. The van der Waals surface area contributed by atoms with Crippen LogP contribution in [-0.2, 0) is 19.4 Å². The third kappa shape index (κ3) is 2.30. The summed E-state index contributed by atoms with van der Waals surface area (Å²) >= 11 is 1.64. The van der Waals surface area contributed by atoms with Gasteiger partial charge in [-0.2, -0.15) is 9.78 Å². The molecule has 126 valence electrons. The molecule has 0 radical (unpaired) electrons. The Labute approximate surface area is 147 Å². The second-order valence-corrected chi connectivity index (χ2v) is 7.45. The van der Waals surface area contributed by atoms with E-state index in [0.717, 1.165) is 35.2 Å². The Bertz CT molecular complexity index is 1070. The third-order valence-corrected chi connectivity index (χ3v) is 6.00. The van der Waals surface area contributed by atoms with Gasteiger partial charge >= 0.3 is 0 Å². The fourth-order valence-electron chi connectivity index (χ4n) is 3.56. The minimum Gasteiger partial charge on any atom is -0.323 e. The second-order valence-electron chi connectivity index (χ2n) is 6.37. The highest BCUT2D eigenvalue weighted by atomic mass is 32.1. The molecule has 5 rings (SSSR count). The number of aryl methyl sites for hydroxylation is 2. The largest absolute Gasteiger partial charge is 0.323 e. The first-order valence-corrected chi connectivity index (χ1v) is 9.15. The Morgan fingerprint density at radius 2 is 1.92 bits per heavy atom. The highest BCUT2D eigenvalue weighted by molar-refractivity contribution is 7.18. The van der Waals surface area contributed by atoms with Crippen LogP contribution in [0.15, 0.2) is 34.2 Å². The lowest BCUT2D eigenvalue weighted by molar-refractivity contribution is 0.627. The van der Waals surface area contributed by atoms with Crippen LogP contribution in [0, 0.1) is 5.82 Å². The van der Waals surface area contributed by atoms with Crippen LogP contribution < -0.4 is 10.5 Å². The lowest BCUT2D eigenvalue weighted by Gasteiger charge is -2.24. The zero-order valence-corrected chi connectivity index (χ0v) is 14.2. The minimum atomic E-state index is -0.279. The minimum absolute atomic E-state index is 0.0746. The van der Waals surface area contributed by atoms with E-state index in [1.807, 2.05) is 4.90 Å². The molecule has 0 bridgehead atoms. The number of fused-ring (bicyclic) bond motifs is 4. The number of halogens is 1. The van der Waals surface area contributed by atoms with Crippen LogP contribution >= 0.6 is 11.3 Å². The molecule has 2 aromatic heterocycles. The highest BCUT2D eigenvalue weighted by Crippen LogP contribution is 2.34. The molecule has 0 amide bonds. The maximum Gasteiger partial charge on any atom is 0.283 e. The van der Waals surface area contributed by atoms with Crippen LogP contribution in [0.3, 0.4) is 0 Å². The number of rotatable bonds is 1. The Morgan fingerprint density at radius 1 is 1.12 bits per heavy atom. The van der Waals surface area contributed by atoms with Crippen LogP contribution in [0.5, 0.6) is 0 Å². The van der Waals surface area contributed by atoms with Gasteiger partial charge in [0.05, 0.1) is 11.9 Å². The summed E-state index contributed by atoms with van der Waals surface area (Å²) in [6.45, 7) is 0.433. The van der Waals surface area contributed by atoms with Crippen molar-refractivity contribution in [3.8, 4) is 0 Å². The summed E-state index contributed by atoms with van der Waals surface area (Å²) in [6, 6.07) is 6.21. The van der Waals surface area contributed by atoms with E-state index in [0.29, 0.717) is 12.4 Å². The van der Waals surface area contributed by atoms with Crippen molar-refractivity contribution in [2.75, 3.05) is 4.90 Å². The summed E-state index contributed by atoms with van der Waals surface area (Å²) in [6.07, 6.45) is 5.90. The number of anilines is 1. The Morgan fingerprint density at radius 3 is 2.76 bits per heavy atom. The average molecular weight is 354 g/mol. The molecular formula is C18H15FN4OS. The zero-order valence-electron chi connectivity index (χ0n) is 13.4. The monoisotopic (exact) mass is 354 g/mol. The molecule has 3 heterocycles. The lowest BCUT2D eigenvalue weighted by Crippen LogP contribution is -2.33. The molecule has 0 unspecified atom stereocenters. The van der Waals surface area contributed by atoms with Gasteiger partial charge in [0.25, 0.3) is 5.56 Å². The number of nitrogens with zero attached hydrogens (tertiary/aromatic N) is 4. The molecule has 0 atom stereocenters. The predicted molar refractivity (Wildman–Crippen MR) is 97.0 cm³/mol. The number of thiophene rings is 1. The molecule has 7 heteroatoms. The van der Waals surface area contributed by atoms with Crippen molar-refractivity contribution in [2.24, 2.45) is 5.10 Å². The molecule has 0 spiro atoms. The van der Waals surface area contributed by atoms with Crippen molar-refractivity contribution in [3.63, 3.8) is 0 Å². The molecule has 1 aliphatic carbocycles. The maximum atomic E-state index is 13.1. The predicted octanol–water partition coefficient (Wildman–Crippen LogP) is 3.29. The van der Waals surface area contributed by atoms with E-state index in [-0.39, 0.29) is 11.4 Å². The van der Waals surface area contributed by atoms with E-state index in [1.54, 1.807) is 29.8 Å². The van der Waals surface area contributed by atoms with E-state index in [2.05, 4.69) is 5.10 Å². The van der Waals surface area contributed by atoms with Gasteiger partial charge in [0.1, 0.15) is 17.0 Å². The van der Waals surface area contributed by atoms with Crippen LogP contribution in [-0.4, -0.2) is 16.0 Å². The molecule has 0 fully saturated rings. The van der Waals surface area contributed by atoms with Crippen LogP contribution in [0.1, 0.15) is 29.1 Å². The maximum absolute atomic E-state index is 13.1. The van der Waals surface area contributed by atoms with Crippen LogP contribution in [0.25, 0.3) is 10.2 Å². The van der Waals surface area contributed by atoms with Crippen LogP contribution in [0.4, 0.5) is 10.1 Å². The van der Waals surface area contributed by atoms with Crippen molar-refractivity contribution in [1.82, 2.24) is 9.66 Å². The summed E-state index contributed by atoms with van der Waals surface area (Å²) in [5.74, 6) is 0.334. The first kappa shape index (κ1) is 14.8. The van der Waals surface area contributed by atoms with E-state index >= 15 is 0 Å². The van der Waals surface area contributed by atoms with E-state index in [1.165, 1.54) is 33.7 Å². The lowest BCUT2D eigenvalue weighted by atomic mass is 9.97. The van der Waals surface area contributed by atoms with Gasteiger partial charge in [-0.15, -0.1) is 11.3 Å². The summed E-state index contributed by atoms with van der Waals surface area (Å²) in [7, 11) is 0. The summed E-state index contributed by atoms with van der Waals surface area (Å²) in [5, 5.41) is 5.05. The van der Waals surface area contributed by atoms with E-state index in [9.17, 15) is 9.18 Å². The topological polar surface area (TPSA) is 50.5 Å². The van der Waals surface area contributed by atoms with Gasteiger partial charge in [0.2, 0.25) is 0 Å². The first-order chi connectivity index (χ1) is 12.2. The van der Waals surface area contributed by atoms with Crippen LogP contribution in [0.2, 0.25) is 0 Å². The molecule has 3 aromatic rings. The molecular weight excluding hydrogens is 339 g/mol. The molecule has 0 N–H and O–H groups in total. The van der Waals surface area contributed by atoms with Crippen molar-refractivity contribution in [2.45, 2.75) is 32.2 Å². The number of hydrogen-bond donors (Lipinski definition) is 0. The van der Waals surface area contributed by atoms with Crippen molar-refractivity contribution >= 4 is 33.6 Å². The molecule has 1 aliphatic heterocycles. The molecule has 1 aromatic carbocycles. The fourth-order valence-corrected chi connectivity index (χ4v) is 4.83. The van der Waals surface area contributed by atoms with E-state index in [4.69, 9.17) is 4.98 Å². The first-order valence-electron chi connectivity index (χ1n) is 8.33. The summed E-state index contributed by atoms with van der Waals surface area (Å²) < 4.78 is 14.5.